The van der Waals surface area contributed by atoms with Crippen LogP contribution in [-0.2, 0) is 24.3 Å². The van der Waals surface area contributed by atoms with Gasteiger partial charge in [-0.25, -0.2) is 17.9 Å². The number of carbonyl (C=O) groups is 2. The van der Waals surface area contributed by atoms with E-state index >= 15 is 0 Å². The summed E-state index contributed by atoms with van der Waals surface area (Å²) in [7, 11) is -4.16. The van der Waals surface area contributed by atoms with Gasteiger partial charge in [0.05, 0.1) is 17.9 Å². The Kier molecular flexibility index (Phi) is 7.13. The number of alkyl halides is 3. The minimum Gasteiger partial charge on any atom is -0.434 e. The number of nitriles is 1. The first-order valence-electron chi connectivity index (χ1n) is 9.23. The second kappa shape index (κ2) is 9.70. The Bertz CT molecular complexity index is 1420. The van der Waals surface area contributed by atoms with Crippen LogP contribution in [0.5, 0.6) is 0 Å². The van der Waals surface area contributed by atoms with E-state index in [1.54, 1.807) is 36.4 Å². The van der Waals surface area contributed by atoms with Crippen molar-refractivity contribution in [2.24, 2.45) is 0 Å². The lowest BCUT2D eigenvalue weighted by Gasteiger charge is -2.19. The number of fused-ring (bicyclic) bond motifs is 1. The average molecular weight is 509 g/mol. The molecule has 3 aromatic rings. The zero-order valence-electron chi connectivity index (χ0n) is 17.2. The molecule has 0 saturated heterocycles. The third-order valence-electron chi connectivity index (χ3n) is 4.30. The third-order valence-corrected chi connectivity index (χ3v) is 6.00. The summed E-state index contributed by atoms with van der Waals surface area (Å²) in [6, 6.07) is 13.5. The van der Waals surface area contributed by atoms with E-state index in [9.17, 15) is 36.4 Å². The molecule has 0 aliphatic heterocycles. The number of thioether (sulfide) groups is 1. The number of benzene rings is 2. The maximum Gasteiger partial charge on any atom is 0.490 e. The van der Waals surface area contributed by atoms with E-state index in [-0.39, 0.29) is 4.90 Å². The highest BCUT2D eigenvalue weighted by atomic mass is 32.2. The predicted molar refractivity (Wildman–Crippen MR) is 117 cm³/mol. The molecule has 176 valence electrons. The topological polar surface area (TPSA) is 126 Å². The number of rotatable bonds is 6. The Hall–Kier alpha value is -3.63. The highest BCUT2D eigenvalue weighted by Crippen LogP contribution is 2.38. The van der Waals surface area contributed by atoms with Crippen LogP contribution >= 0.6 is 11.8 Å². The summed E-state index contributed by atoms with van der Waals surface area (Å²) in [5.74, 6) is -4.13. The molecule has 0 radical (unpaired) electrons. The molecule has 0 saturated carbocycles. The van der Waals surface area contributed by atoms with Crippen molar-refractivity contribution in [1.29, 1.82) is 5.26 Å². The van der Waals surface area contributed by atoms with E-state index in [4.69, 9.17) is 0 Å². The monoisotopic (exact) mass is 509 g/mol. The lowest BCUT2D eigenvalue weighted by Crippen LogP contribution is -2.41. The molecule has 34 heavy (non-hydrogen) atoms. The van der Waals surface area contributed by atoms with Crippen molar-refractivity contribution >= 4 is 44.4 Å². The fraction of sp³-hybridized carbons (Fsp3) is 0.143. The molecular weight excluding hydrogens is 495 g/mol. The first-order chi connectivity index (χ1) is 15.9. The van der Waals surface area contributed by atoms with Gasteiger partial charge in [-0.15, -0.1) is 0 Å². The lowest BCUT2D eigenvalue weighted by atomic mass is 9.96. The normalized spacial score (nSPS) is 12.6. The van der Waals surface area contributed by atoms with Gasteiger partial charge in [0.15, 0.2) is 0 Å². The van der Waals surface area contributed by atoms with Gasteiger partial charge in [-0.2, -0.15) is 18.4 Å². The van der Waals surface area contributed by atoms with Crippen LogP contribution in [0, 0.1) is 11.3 Å². The number of carbonyl (C=O) groups excluding carboxylic acids is 2. The molecular formula is C21H14F3N3O5S2. The molecule has 2 aromatic carbocycles. The van der Waals surface area contributed by atoms with E-state index in [0.29, 0.717) is 45.5 Å². The first kappa shape index (κ1) is 25.0. The molecule has 1 N–H and O–H groups in total. The molecule has 0 aliphatic rings. The summed E-state index contributed by atoms with van der Waals surface area (Å²) in [4.78, 5) is 28.0. The van der Waals surface area contributed by atoms with Crippen molar-refractivity contribution in [2.45, 2.75) is 16.5 Å². The molecule has 0 aliphatic carbocycles. The fourth-order valence-corrected chi connectivity index (χ4v) is 4.47. The quantitative estimate of drug-likeness (QED) is 0.305. The van der Waals surface area contributed by atoms with Gasteiger partial charge in [0.1, 0.15) is 0 Å². The molecule has 13 heteroatoms. The summed E-state index contributed by atoms with van der Waals surface area (Å²) in [5, 5.41) is 10.6. The van der Waals surface area contributed by atoms with E-state index in [1.807, 2.05) is 0 Å². The molecule has 1 heterocycles. The molecule has 1 amide bonds. The predicted octanol–water partition coefficient (Wildman–Crippen LogP) is 3.37. The summed E-state index contributed by atoms with van der Waals surface area (Å²) in [5.41, 5.74) is -0.903. The Morgan fingerprint density at radius 1 is 1.12 bits per heavy atom. The first-order valence-corrected chi connectivity index (χ1v) is 12.0. The van der Waals surface area contributed by atoms with Gasteiger partial charge in [0.25, 0.3) is 5.91 Å². The van der Waals surface area contributed by atoms with Crippen molar-refractivity contribution in [3.05, 3.63) is 60.4 Å². The minimum atomic E-state index is -5.41. The van der Waals surface area contributed by atoms with Gasteiger partial charge in [-0.1, -0.05) is 42.1 Å². The van der Waals surface area contributed by atoms with E-state index < -0.39 is 33.5 Å². The zero-order chi connectivity index (χ0) is 25.1. The molecule has 1 atom stereocenters. The van der Waals surface area contributed by atoms with E-state index in [1.165, 1.54) is 23.2 Å². The number of ether oxygens (including phenoxy) is 1. The van der Waals surface area contributed by atoms with Gasteiger partial charge < -0.3 is 4.74 Å². The number of pyridine rings is 1. The van der Waals surface area contributed by atoms with E-state index in [0.717, 1.165) is 0 Å². The SMILES string of the molecule is CS(=O)(=O)NC(=O)C(OC(=O)C(F)(F)F)Sc1ccncc1-c1ccc(C#N)c2ccccc12. The van der Waals surface area contributed by atoms with Gasteiger partial charge in [0, 0.05) is 28.2 Å². The zero-order valence-corrected chi connectivity index (χ0v) is 18.8. The molecule has 1 unspecified atom stereocenters. The Morgan fingerprint density at radius 2 is 1.79 bits per heavy atom. The van der Waals surface area contributed by atoms with Gasteiger partial charge >= 0.3 is 12.1 Å². The molecule has 8 nitrogen and oxygen atoms in total. The summed E-state index contributed by atoms with van der Waals surface area (Å²) in [6.45, 7) is 0. The Labute approximate surface area is 195 Å². The molecule has 1 aromatic heterocycles. The second-order valence-electron chi connectivity index (χ2n) is 6.78. The van der Waals surface area contributed by atoms with Crippen LogP contribution in [0.25, 0.3) is 21.9 Å². The molecule has 0 fully saturated rings. The number of aromatic nitrogens is 1. The number of halogens is 3. The lowest BCUT2D eigenvalue weighted by molar-refractivity contribution is -0.201. The Morgan fingerprint density at radius 3 is 2.41 bits per heavy atom. The average Bonchev–Trinajstić information content (AvgIpc) is 2.76. The van der Waals surface area contributed by atoms with Gasteiger partial charge in [0.2, 0.25) is 15.5 Å². The summed E-state index contributed by atoms with van der Waals surface area (Å²) >= 11 is 0.397. The number of sulfonamides is 1. The Balaban J connectivity index is 2.08. The van der Waals surface area contributed by atoms with Crippen LogP contribution in [-0.4, -0.2) is 43.1 Å². The molecule has 0 bridgehead atoms. The molecule has 3 rings (SSSR count). The van der Waals surface area contributed by atoms with Crippen LogP contribution in [0.3, 0.4) is 0 Å². The van der Waals surface area contributed by atoms with Crippen LogP contribution < -0.4 is 4.72 Å². The van der Waals surface area contributed by atoms with Crippen LogP contribution in [0.1, 0.15) is 5.56 Å². The maximum atomic E-state index is 12.8. The largest absolute Gasteiger partial charge is 0.490 e. The minimum absolute atomic E-state index is 0.175. The summed E-state index contributed by atoms with van der Waals surface area (Å²) in [6.07, 6.45) is -2.10. The fourth-order valence-electron chi connectivity index (χ4n) is 2.96. The van der Waals surface area contributed by atoms with Crippen molar-refractivity contribution in [3.8, 4) is 17.2 Å². The van der Waals surface area contributed by atoms with Gasteiger partial charge in [-0.05, 0) is 23.1 Å². The van der Waals surface area contributed by atoms with Gasteiger partial charge in [-0.3, -0.25) is 9.78 Å². The third kappa shape index (κ3) is 5.83. The number of nitrogens with one attached hydrogen (secondary N) is 1. The van der Waals surface area contributed by atoms with Crippen molar-refractivity contribution < 1.29 is 35.9 Å². The highest BCUT2D eigenvalue weighted by molar-refractivity contribution is 8.00. The number of nitrogens with zero attached hydrogens (tertiary/aromatic N) is 2. The molecule has 0 spiro atoms. The number of esters is 1. The smallest absolute Gasteiger partial charge is 0.434 e. The maximum absolute atomic E-state index is 12.8. The number of amides is 1. The highest BCUT2D eigenvalue weighted by Gasteiger charge is 2.44. The second-order valence-corrected chi connectivity index (χ2v) is 9.63. The van der Waals surface area contributed by atoms with Crippen molar-refractivity contribution in [1.82, 2.24) is 9.71 Å². The number of hydrogen-bond donors (Lipinski definition) is 1. The van der Waals surface area contributed by atoms with Crippen molar-refractivity contribution in [3.63, 3.8) is 0 Å². The van der Waals surface area contributed by atoms with Crippen LogP contribution in [0.2, 0.25) is 0 Å². The van der Waals surface area contributed by atoms with Crippen LogP contribution in [0.4, 0.5) is 13.2 Å². The number of hydrogen-bond acceptors (Lipinski definition) is 8. The van der Waals surface area contributed by atoms with Crippen LogP contribution in [0.15, 0.2) is 59.8 Å². The summed E-state index contributed by atoms with van der Waals surface area (Å²) < 4.78 is 67.0. The van der Waals surface area contributed by atoms with Crippen molar-refractivity contribution in [2.75, 3.05) is 6.26 Å². The standard InChI is InChI=1S/C21H14F3N3O5S2/c1-34(30,31)27-18(28)19(32-20(29)21(22,23)24)33-17-8-9-26-11-16(17)15-7-6-12(10-25)13-4-2-3-5-14(13)15/h2-9,11,19H,1H3,(H,27,28). The van der Waals surface area contributed by atoms with E-state index in [2.05, 4.69) is 15.8 Å².